The molecule has 1 N–H and O–H groups in total. The van der Waals surface area contributed by atoms with E-state index in [-0.39, 0.29) is 0 Å². The van der Waals surface area contributed by atoms with Crippen molar-refractivity contribution in [2.45, 2.75) is 0 Å². The van der Waals surface area contributed by atoms with Gasteiger partial charge < -0.3 is 19.9 Å². The van der Waals surface area contributed by atoms with Gasteiger partial charge in [0, 0.05) is 39.9 Å². The van der Waals surface area contributed by atoms with Crippen molar-refractivity contribution in [2.24, 2.45) is 0 Å². The first-order valence-electron chi connectivity index (χ1n) is 14.7. The number of allylic oxidation sites excluding steroid dienone is 4. The molecule has 210 valence electrons. The predicted molar refractivity (Wildman–Crippen MR) is 184 cm³/mol. The van der Waals surface area contributed by atoms with Crippen molar-refractivity contribution in [3.63, 3.8) is 0 Å². The third-order valence-corrected chi connectivity index (χ3v) is 8.13. The quantitative estimate of drug-likeness (QED) is 0.229. The second-order valence-corrected chi connectivity index (χ2v) is 10.9. The van der Waals surface area contributed by atoms with E-state index >= 15 is 0 Å². The summed E-state index contributed by atoms with van der Waals surface area (Å²) in [6.45, 7) is 4.37. The Morgan fingerprint density at radius 1 is 0.591 bits per heavy atom. The fourth-order valence-corrected chi connectivity index (χ4v) is 6.02. The molecule has 4 heteroatoms. The molecule has 2 aliphatic rings. The molecule has 2 aliphatic heterocycles. The Bertz CT molecular complexity index is 2060. The summed E-state index contributed by atoms with van der Waals surface area (Å²) < 4.78 is 6.22. The van der Waals surface area contributed by atoms with Crippen LogP contribution in [0.1, 0.15) is 5.56 Å². The lowest BCUT2D eigenvalue weighted by molar-refractivity contribution is 0.477. The third kappa shape index (κ3) is 4.50. The van der Waals surface area contributed by atoms with Crippen LogP contribution in [-0.2, 0) is 0 Å². The van der Waals surface area contributed by atoms with Crippen LogP contribution in [0.15, 0.2) is 164 Å². The van der Waals surface area contributed by atoms with Crippen molar-refractivity contribution in [3.05, 3.63) is 170 Å². The summed E-state index contributed by atoms with van der Waals surface area (Å²) in [6.07, 6.45) is 8.26. The molecule has 0 saturated heterocycles. The molecule has 2 heterocycles. The number of rotatable bonds is 4. The van der Waals surface area contributed by atoms with Gasteiger partial charge in [-0.3, -0.25) is 0 Å². The van der Waals surface area contributed by atoms with Crippen LogP contribution in [0.5, 0.6) is 11.5 Å². The van der Waals surface area contributed by atoms with Gasteiger partial charge in [-0.05, 0) is 83.8 Å². The van der Waals surface area contributed by atoms with Gasteiger partial charge >= 0.3 is 0 Å². The van der Waals surface area contributed by atoms with Gasteiger partial charge in [-0.1, -0.05) is 85.5 Å². The van der Waals surface area contributed by atoms with Crippen molar-refractivity contribution in [3.8, 4) is 11.5 Å². The van der Waals surface area contributed by atoms with Crippen LogP contribution in [0.2, 0.25) is 0 Å². The number of nitrogens with one attached hydrogen (secondary N) is 1. The molecule has 0 unspecified atom stereocenters. The predicted octanol–water partition coefficient (Wildman–Crippen LogP) is 11.4. The normalized spacial score (nSPS) is 14.9. The molecule has 0 atom stereocenters. The van der Waals surface area contributed by atoms with E-state index in [9.17, 15) is 0 Å². The summed E-state index contributed by atoms with van der Waals surface area (Å²) >= 11 is 0. The average Bonchev–Trinajstić information content (AvgIpc) is 3.07. The topological polar surface area (TPSA) is 27.7 Å². The molecule has 0 bridgehead atoms. The lowest BCUT2D eigenvalue weighted by atomic mass is 10.0. The number of nitrogens with zero attached hydrogens (tertiary/aromatic N) is 2. The van der Waals surface area contributed by atoms with E-state index < -0.39 is 0 Å². The molecule has 0 spiro atoms. The molecule has 4 nitrogen and oxygen atoms in total. The average molecular weight is 568 g/mol. The van der Waals surface area contributed by atoms with Crippen LogP contribution in [0.4, 0.5) is 39.8 Å². The number of ether oxygens (including phenoxy) is 1. The van der Waals surface area contributed by atoms with Crippen molar-refractivity contribution < 1.29 is 4.74 Å². The molecular weight excluding hydrogens is 538 g/mol. The van der Waals surface area contributed by atoms with Gasteiger partial charge in [0.1, 0.15) is 0 Å². The molecule has 0 fully saturated rings. The van der Waals surface area contributed by atoms with E-state index in [1.54, 1.807) is 0 Å². The Kier molecular flexibility index (Phi) is 6.24. The van der Waals surface area contributed by atoms with E-state index in [0.29, 0.717) is 0 Å². The molecule has 6 aromatic rings. The molecule has 0 amide bonds. The van der Waals surface area contributed by atoms with Gasteiger partial charge in [0.2, 0.25) is 0 Å². The highest BCUT2D eigenvalue weighted by atomic mass is 16.5. The molecule has 44 heavy (non-hydrogen) atoms. The van der Waals surface area contributed by atoms with Crippen LogP contribution in [0, 0.1) is 0 Å². The Morgan fingerprint density at radius 3 is 2.07 bits per heavy atom. The number of hydrogen-bond acceptors (Lipinski definition) is 4. The van der Waals surface area contributed by atoms with Gasteiger partial charge in [-0.25, -0.2) is 0 Å². The van der Waals surface area contributed by atoms with Crippen LogP contribution in [0.3, 0.4) is 0 Å². The highest BCUT2D eigenvalue weighted by Gasteiger charge is 2.25. The second-order valence-electron chi connectivity index (χ2n) is 10.9. The summed E-state index contributed by atoms with van der Waals surface area (Å²) in [5, 5.41) is 6.07. The third-order valence-electron chi connectivity index (χ3n) is 8.13. The molecule has 6 aromatic carbocycles. The maximum atomic E-state index is 6.22. The Hall–Kier alpha value is -6.00. The Labute approximate surface area is 257 Å². The number of benzene rings is 6. The monoisotopic (exact) mass is 567 g/mol. The fraction of sp³-hybridized carbons (Fsp3) is 0. The van der Waals surface area contributed by atoms with E-state index in [0.717, 1.165) is 62.4 Å². The van der Waals surface area contributed by atoms with E-state index in [2.05, 4.69) is 137 Å². The first-order valence-corrected chi connectivity index (χ1v) is 14.7. The summed E-state index contributed by atoms with van der Waals surface area (Å²) in [4.78, 5) is 4.48. The van der Waals surface area contributed by atoms with Crippen molar-refractivity contribution in [1.82, 2.24) is 0 Å². The maximum absolute atomic E-state index is 6.22. The molecule has 0 saturated carbocycles. The number of hydrogen-bond donors (Lipinski definition) is 1. The smallest absolute Gasteiger partial charge is 0.151 e. The number of para-hydroxylation sites is 4. The van der Waals surface area contributed by atoms with Gasteiger partial charge in [-0.2, -0.15) is 0 Å². The van der Waals surface area contributed by atoms with Crippen LogP contribution < -0.4 is 19.9 Å². The summed E-state index contributed by atoms with van der Waals surface area (Å²) in [7, 11) is 0. The highest BCUT2D eigenvalue weighted by molar-refractivity contribution is 5.96. The van der Waals surface area contributed by atoms with Gasteiger partial charge in [0.25, 0.3) is 0 Å². The van der Waals surface area contributed by atoms with Crippen LogP contribution in [0.25, 0.3) is 16.3 Å². The lowest BCUT2D eigenvalue weighted by Gasteiger charge is -2.33. The maximum Gasteiger partial charge on any atom is 0.151 e. The number of anilines is 7. The zero-order valence-electron chi connectivity index (χ0n) is 24.0. The standard InChI is InChI=1S/C40H29N3O/c1-28-11-8-9-26-42(38-27-30(20-25-33(28)38)41-35-15-10-13-29-12-2-3-14-34(29)35)31-21-23-32(24-22-31)43-36-16-4-6-18-39(36)44-40-19-7-5-17-37(40)43/h2-27,41H,1H2/b11-8-,26-9-. The van der Waals surface area contributed by atoms with Crippen molar-refractivity contribution in [2.75, 3.05) is 15.1 Å². The van der Waals surface area contributed by atoms with E-state index in [1.807, 2.05) is 42.5 Å². The fourth-order valence-electron chi connectivity index (χ4n) is 6.02. The van der Waals surface area contributed by atoms with Gasteiger partial charge in [0.15, 0.2) is 11.5 Å². The van der Waals surface area contributed by atoms with Crippen LogP contribution >= 0.6 is 0 Å². The van der Waals surface area contributed by atoms with Crippen LogP contribution in [-0.4, -0.2) is 0 Å². The molecule has 0 aromatic heterocycles. The summed E-state index contributed by atoms with van der Waals surface area (Å²) in [6, 6.07) is 46.3. The Morgan fingerprint density at radius 2 is 1.27 bits per heavy atom. The minimum absolute atomic E-state index is 0.840. The zero-order valence-corrected chi connectivity index (χ0v) is 24.0. The largest absolute Gasteiger partial charge is 0.453 e. The first-order chi connectivity index (χ1) is 21.7. The summed E-state index contributed by atoms with van der Waals surface area (Å²) in [5.74, 6) is 1.68. The molecule has 0 aliphatic carbocycles. The number of fused-ring (bicyclic) bond motifs is 4. The van der Waals surface area contributed by atoms with Gasteiger partial charge in [0.05, 0.1) is 17.1 Å². The zero-order chi connectivity index (χ0) is 29.5. The summed E-state index contributed by atoms with van der Waals surface area (Å²) in [5.41, 5.74) is 9.31. The lowest BCUT2D eigenvalue weighted by Crippen LogP contribution is -2.16. The minimum atomic E-state index is 0.840. The first kappa shape index (κ1) is 25.7. The highest BCUT2D eigenvalue weighted by Crippen LogP contribution is 2.50. The SMILES string of the molecule is C=C1/C=C\C=C/N(c2ccc(N3c4ccccc4Oc4ccccc43)cc2)c2cc(Nc3cccc4ccccc34)ccc21. The Balaban J connectivity index is 1.18. The van der Waals surface area contributed by atoms with Crippen molar-refractivity contribution in [1.29, 1.82) is 0 Å². The second kappa shape index (κ2) is 10.7. The molecular formula is C40H29N3O. The molecule has 0 radical (unpaired) electrons. The van der Waals surface area contributed by atoms with E-state index in [1.165, 1.54) is 10.8 Å². The molecule has 8 rings (SSSR count). The minimum Gasteiger partial charge on any atom is -0.453 e. The van der Waals surface area contributed by atoms with Crippen molar-refractivity contribution >= 4 is 56.2 Å². The van der Waals surface area contributed by atoms with Gasteiger partial charge in [-0.15, -0.1) is 0 Å². The van der Waals surface area contributed by atoms with E-state index in [4.69, 9.17) is 4.74 Å².